The largest absolute Gasteiger partial charge is 0.494 e. The van der Waals surface area contributed by atoms with Crippen LogP contribution in [0.3, 0.4) is 0 Å². The molecule has 0 radical (unpaired) electrons. The third-order valence-electron chi connectivity index (χ3n) is 6.66. The van der Waals surface area contributed by atoms with E-state index < -0.39 is 7.12 Å². The van der Waals surface area contributed by atoms with Gasteiger partial charge in [-0.15, -0.1) is 0 Å². The van der Waals surface area contributed by atoms with Crippen LogP contribution in [-0.4, -0.2) is 79.4 Å². The molecule has 0 aromatic carbocycles. The molecule has 4 rings (SSSR count). The van der Waals surface area contributed by atoms with E-state index in [1.807, 2.05) is 32.0 Å². The highest BCUT2D eigenvalue weighted by Gasteiger charge is 2.20. The highest BCUT2D eigenvalue weighted by Crippen LogP contribution is 2.17. The molecule has 0 aliphatic carbocycles. The van der Waals surface area contributed by atoms with Crippen molar-refractivity contribution in [1.29, 1.82) is 0 Å². The second kappa shape index (κ2) is 18.3. The number of hydrogen-bond donors (Lipinski definition) is 2. The molecule has 2 aromatic heterocycles. The van der Waals surface area contributed by atoms with Crippen LogP contribution in [0.1, 0.15) is 89.4 Å². The fraction of sp³-hybridized carbons (Fsp3) is 0.667. The van der Waals surface area contributed by atoms with Crippen LogP contribution >= 0.6 is 0 Å². The van der Waals surface area contributed by atoms with Crippen LogP contribution in [0.4, 0.5) is 0 Å². The number of rotatable bonds is 13. The molecule has 10 nitrogen and oxygen atoms in total. The Morgan fingerprint density at radius 1 is 0.756 bits per heavy atom. The summed E-state index contributed by atoms with van der Waals surface area (Å²) in [5.74, 6) is 1.56. The van der Waals surface area contributed by atoms with Gasteiger partial charge in [-0.1, -0.05) is 39.8 Å². The van der Waals surface area contributed by atoms with Crippen molar-refractivity contribution in [2.24, 2.45) is 0 Å². The van der Waals surface area contributed by atoms with E-state index in [4.69, 9.17) is 28.4 Å². The van der Waals surface area contributed by atoms with Crippen molar-refractivity contribution in [3.05, 3.63) is 41.7 Å². The highest BCUT2D eigenvalue weighted by molar-refractivity contribution is 6.59. The summed E-state index contributed by atoms with van der Waals surface area (Å²) in [5.41, 5.74) is 2.16. The number of ether oxygens (including phenoxy) is 6. The maximum absolute atomic E-state index is 9.38. The summed E-state index contributed by atoms with van der Waals surface area (Å²) in [4.78, 5) is 8.80. The highest BCUT2D eigenvalue weighted by atomic mass is 16.7. The second-order valence-electron chi connectivity index (χ2n) is 10.7. The Balaban J connectivity index is 0.000000228. The minimum Gasteiger partial charge on any atom is -0.475 e. The molecule has 0 saturated carbocycles. The fourth-order valence-corrected chi connectivity index (χ4v) is 4.26. The van der Waals surface area contributed by atoms with E-state index in [1.165, 1.54) is 6.42 Å². The molecule has 2 aliphatic heterocycles. The molecule has 2 aliphatic rings. The van der Waals surface area contributed by atoms with Gasteiger partial charge in [0.2, 0.25) is 11.8 Å². The van der Waals surface area contributed by atoms with E-state index in [-0.39, 0.29) is 36.4 Å². The van der Waals surface area contributed by atoms with E-state index in [1.54, 1.807) is 12.1 Å². The summed E-state index contributed by atoms with van der Waals surface area (Å²) in [5, 5.41) is 18.8. The molecule has 228 valence electrons. The molecule has 2 unspecified atom stereocenters. The van der Waals surface area contributed by atoms with Gasteiger partial charge >= 0.3 is 7.12 Å². The summed E-state index contributed by atoms with van der Waals surface area (Å²) in [6.07, 6.45) is 6.21. The van der Waals surface area contributed by atoms with Gasteiger partial charge < -0.3 is 38.5 Å². The van der Waals surface area contributed by atoms with Crippen LogP contribution in [0.5, 0.6) is 11.8 Å². The Labute approximate surface area is 244 Å². The SMILES string of the molecule is CC(C)c1ccc(B(O)O)c(OCCOC2CCCCO2)n1.CC(C)c1cccc(OCCOC2CCCCO2)n1. The first-order valence-corrected chi connectivity index (χ1v) is 14.9. The van der Waals surface area contributed by atoms with Crippen molar-refractivity contribution >= 4 is 12.6 Å². The monoisotopic (exact) mass is 574 g/mol. The lowest BCUT2D eigenvalue weighted by atomic mass is 9.80. The summed E-state index contributed by atoms with van der Waals surface area (Å²) in [7, 11) is -1.61. The fourth-order valence-electron chi connectivity index (χ4n) is 4.26. The molecule has 2 atom stereocenters. The van der Waals surface area contributed by atoms with Gasteiger partial charge in [0.1, 0.15) is 13.2 Å². The lowest BCUT2D eigenvalue weighted by Gasteiger charge is -2.22. The normalized spacial score (nSPS) is 19.0. The van der Waals surface area contributed by atoms with Gasteiger partial charge in [0, 0.05) is 36.1 Å². The zero-order chi connectivity index (χ0) is 29.5. The summed E-state index contributed by atoms with van der Waals surface area (Å²) in [6.45, 7) is 11.5. The first-order chi connectivity index (χ1) is 19.8. The van der Waals surface area contributed by atoms with Crippen LogP contribution in [-0.2, 0) is 18.9 Å². The van der Waals surface area contributed by atoms with Crippen molar-refractivity contribution in [2.45, 2.75) is 90.6 Å². The van der Waals surface area contributed by atoms with Crippen molar-refractivity contribution in [2.75, 3.05) is 39.6 Å². The van der Waals surface area contributed by atoms with Gasteiger partial charge in [-0.2, -0.15) is 0 Å². The van der Waals surface area contributed by atoms with Gasteiger partial charge in [0.25, 0.3) is 0 Å². The van der Waals surface area contributed by atoms with Gasteiger partial charge in [-0.05, 0) is 62.5 Å². The van der Waals surface area contributed by atoms with Crippen molar-refractivity contribution in [1.82, 2.24) is 9.97 Å². The van der Waals surface area contributed by atoms with Crippen LogP contribution < -0.4 is 14.9 Å². The zero-order valence-corrected chi connectivity index (χ0v) is 25.0. The number of aromatic nitrogens is 2. The first kappa shape index (κ1) is 33.2. The lowest BCUT2D eigenvalue weighted by Crippen LogP contribution is -2.33. The van der Waals surface area contributed by atoms with Gasteiger partial charge in [0.15, 0.2) is 12.6 Å². The number of hydrogen-bond acceptors (Lipinski definition) is 10. The maximum Gasteiger partial charge on any atom is 0.494 e. The van der Waals surface area contributed by atoms with E-state index in [9.17, 15) is 10.0 Å². The predicted molar refractivity (Wildman–Crippen MR) is 157 cm³/mol. The van der Waals surface area contributed by atoms with Crippen LogP contribution in [0.25, 0.3) is 0 Å². The third-order valence-corrected chi connectivity index (χ3v) is 6.66. The van der Waals surface area contributed by atoms with Gasteiger partial charge in [-0.3, -0.25) is 0 Å². The van der Waals surface area contributed by atoms with Crippen molar-refractivity contribution < 1.29 is 38.5 Å². The van der Waals surface area contributed by atoms with E-state index >= 15 is 0 Å². The molecular weight excluding hydrogens is 527 g/mol. The van der Waals surface area contributed by atoms with E-state index in [0.717, 1.165) is 56.7 Å². The molecule has 0 amide bonds. The zero-order valence-electron chi connectivity index (χ0n) is 25.0. The maximum atomic E-state index is 9.38. The molecule has 4 heterocycles. The van der Waals surface area contributed by atoms with Crippen LogP contribution in [0.15, 0.2) is 30.3 Å². The van der Waals surface area contributed by atoms with Crippen LogP contribution in [0.2, 0.25) is 0 Å². The standard InChI is InChI=1S/C15H24BNO5.C15H23NO3/c1-11(2)13-7-6-12(16(18)19)15(17-13)22-10-9-21-14-5-3-4-8-20-14;1-12(2)13-6-5-7-14(16-13)17-10-11-19-15-8-3-4-9-18-15/h6-7,11,14,18-19H,3-5,8-10H2,1-2H3;5-7,12,15H,3-4,8-11H2,1-2H3. The molecule has 2 saturated heterocycles. The quantitative estimate of drug-likeness (QED) is 0.269. The van der Waals surface area contributed by atoms with E-state index in [0.29, 0.717) is 31.6 Å². The minimum absolute atomic E-state index is 0.0488. The summed E-state index contributed by atoms with van der Waals surface area (Å²) in [6, 6.07) is 9.28. The second-order valence-corrected chi connectivity index (χ2v) is 10.7. The Kier molecular flexibility index (Phi) is 14.8. The van der Waals surface area contributed by atoms with Gasteiger partial charge in [-0.25, -0.2) is 9.97 Å². The van der Waals surface area contributed by atoms with Gasteiger partial charge in [0.05, 0.1) is 13.2 Å². The summed E-state index contributed by atoms with van der Waals surface area (Å²) >= 11 is 0. The first-order valence-electron chi connectivity index (χ1n) is 14.9. The summed E-state index contributed by atoms with van der Waals surface area (Å²) < 4.78 is 33.3. The molecule has 0 bridgehead atoms. The molecule has 0 spiro atoms. The molecule has 2 N–H and O–H groups in total. The van der Waals surface area contributed by atoms with E-state index in [2.05, 4.69) is 23.8 Å². The molecule has 2 aromatic rings. The average Bonchev–Trinajstić information content (AvgIpc) is 2.99. The van der Waals surface area contributed by atoms with Crippen molar-refractivity contribution in [3.8, 4) is 11.8 Å². The Hall–Kier alpha value is -2.28. The smallest absolute Gasteiger partial charge is 0.475 e. The van der Waals surface area contributed by atoms with Crippen molar-refractivity contribution in [3.63, 3.8) is 0 Å². The molecule has 11 heteroatoms. The molecule has 41 heavy (non-hydrogen) atoms. The number of pyridine rings is 2. The lowest BCUT2D eigenvalue weighted by molar-refractivity contribution is -0.165. The Morgan fingerprint density at radius 2 is 1.34 bits per heavy atom. The third kappa shape index (κ3) is 12.2. The molecule has 2 fully saturated rings. The number of nitrogens with zero attached hydrogens (tertiary/aromatic N) is 2. The van der Waals surface area contributed by atoms with Crippen LogP contribution in [0, 0.1) is 0 Å². The topological polar surface area (TPSA) is 122 Å². The Bertz CT molecular complexity index is 998. The Morgan fingerprint density at radius 3 is 1.88 bits per heavy atom. The minimum atomic E-state index is -1.61. The predicted octanol–water partition coefficient (Wildman–Crippen LogP) is 3.93. The molecular formula is C30H47BN2O8. The average molecular weight is 575 g/mol.